The fourth-order valence-corrected chi connectivity index (χ4v) is 1.19. The van der Waals surface area contributed by atoms with Gasteiger partial charge in [0.05, 0.1) is 0 Å². The van der Waals surface area contributed by atoms with Crippen LogP contribution in [0.2, 0.25) is 0 Å². The van der Waals surface area contributed by atoms with E-state index in [-0.39, 0.29) is 86.7 Å². The van der Waals surface area contributed by atoms with Gasteiger partial charge in [0.25, 0.3) is 0 Å². The SMILES string of the molecule is C.C[NH-].C[NH-].C[NH-].C[NH-].O=[C-]N1[CH-]CCC1.O=[C-]O.[CH-]1CCCN1.[V+2].[V+2].[W+2].[W+2]. The minimum atomic E-state index is 0. The fourth-order valence-electron chi connectivity index (χ4n) is 1.19. The second-order valence-electron chi connectivity index (χ2n) is 3.00. The van der Waals surface area contributed by atoms with E-state index in [2.05, 4.69) is 11.9 Å². The first-order chi connectivity index (χ1) is 11.3. The molecule has 0 aliphatic carbocycles. The van der Waals surface area contributed by atoms with E-state index in [4.69, 9.17) is 32.8 Å². The van der Waals surface area contributed by atoms with Crippen LogP contribution >= 0.6 is 0 Å². The number of amides is 1. The van der Waals surface area contributed by atoms with Gasteiger partial charge in [-0.1, -0.05) is 26.7 Å². The molecule has 0 aromatic heterocycles. The van der Waals surface area contributed by atoms with E-state index in [1.807, 2.05) is 6.54 Å². The van der Waals surface area contributed by atoms with Gasteiger partial charge in [0.15, 0.2) is 0 Å². The Kier molecular flexibility index (Phi) is 203. The molecule has 2 radical (unpaired) electrons. The first-order valence-corrected chi connectivity index (χ1v) is 6.89. The molecule has 6 N–H and O–H groups in total. The van der Waals surface area contributed by atoms with Crippen LogP contribution in [0.3, 0.4) is 0 Å². The summed E-state index contributed by atoms with van der Waals surface area (Å²) < 4.78 is 0. The topological polar surface area (TPSA) is 165 Å². The van der Waals surface area contributed by atoms with Gasteiger partial charge in [-0.15, -0.1) is 0 Å². The molecule has 13 heteroatoms. The van der Waals surface area contributed by atoms with E-state index in [9.17, 15) is 4.79 Å². The van der Waals surface area contributed by atoms with Gasteiger partial charge in [-0.05, 0) is 13.1 Å². The van der Waals surface area contributed by atoms with E-state index in [1.165, 1.54) is 47.6 Å². The number of likely N-dealkylation sites (tertiary alicyclic amines) is 1. The van der Waals surface area contributed by atoms with Gasteiger partial charge in [0.2, 0.25) is 0 Å². The van der Waals surface area contributed by atoms with Gasteiger partial charge < -0.3 is 47.8 Å². The molecule has 2 rings (SSSR count). The zero-order valence-electron chi connectivity index (χ0n) is 16.3. The first-order valence-electron chi connectivity index (χ1n) is 6.89. The van der Waals surface area contributed by atoms with Crippen LogP contribution in [0.25, 0.3) is 22.9 Å². The molecule has 0 saturated carbocycles. The smallest absolute Gasteiger partial charge is 0.680 e. The van der Waals surface area contributed by atoms with Crippen molar-refractivity contribution in [3.05, 3.63) is 36.0 Å². The second-order valence-corrected chi connectivity index (χ2v) is 3.00. The summed E-state index contributed by atoms with van der Waals surface area (Å²) in [6, 6.07) is 0. The summed E-state index contributed by atoms with van der Waals surface area (Å²) in [5.74, 6) is 0. The van der Waals surface area contributed by atoms with Crippen LogP contribution in [-0.4, -0.2) is 64.2 Å². The van der Waals surface area contributed by atoms with Crippen LogP contribution in [0.1, 0.15) is 33.1 Å². The molecule has 2 fully saturated rings. The number of nitrogens with zero attached hydrogens (tertiary/aromatic N) is 1. The number of nitrogens with one attached hydrogen (secondary N) is 5. The zero-order valence-corrected chi connectivity index (χ0v) is 25.0. The summed E-state index contributed by atoms with van der Waals surface area (Å²) in [7, 11) is 5.00. The van der Waals surface area contributed by atoms with Crippen molar-refractivity contribution in [2.45, 2.75) is 33.1 Å². The summed E-state index contributed by atoms with van der Waals surface area (Å²) in [4.78, 5) is 19.6. The average molecular weight is 818 g/mol. The Hall–Kier alpha value is 1.29. The second kappa shape index (κ2) is 90.1. The fraction of sp³-hybridized carbons (Fsp3) is 0.733. The minimum absolute atomic E-state index is 0. The molecule has 0 aromatic rings. The molecule has 0 spiro atoms. The normalized spacial score (nSPS) is 10.6. The van der Waals surface area contributed by atoms with Gasteiger partial charge in [-0.25, -0.2) is 0 Å². The van der Waals surface area contributed by atoms with Crippen molar-refractivity contribution < 1.29 is 93.9 Å². The molecule has 28 heavy (non-hydrogen) atoms. The van der Waals surface area contributed by atoms with Crippen LogP contribution in [0.4, 0.5) is 0 Å². The predicted octanol–water partition coefficient (Wildman–Crippen LogP) is 3.75. The minimum Gasteiger partial charge on any atom is -0.680 e. The van der Waals surface area contributed by atoms with Crippen LogP contribution in [0, 0.1) is 13.1 Å². The zero-order chi connectivity index (χ0) is 19.4. The standard InChI is InChI=1S/C5H7NO.C4H8N.4CH4N.CHO2.CH4.2V.2W/c7-5-6-3-1-2-4-6;1-2-4-5-3-1;4*1-2;2-1-3;;;;;/h3H,1-2,4H2;3,5H,1-2,4H2;4*2H,1H3;(H,2,3);1H4;;;;/q-2;6*-1;;4*+2. The maximum atomic E-state index is 9.78. The van der Waals surface area contributed by atoms with Crippen LogP contribution in [0.15, 0.2) is 0 Å². The third-order valence-electron chi connectivity index (χ3n) is 1.88. The third-order valence-corrected chi connectivity index (χ3v) is 1.88. The number of carbonyl (C=O) groups excluding carboxylic acids is 1. The number of hydrogen-bond acceptors (Lipinski definition) is 3. The molecule has 2 aliphatic heterocycles. The molecule has 0 unspecified atom stereocenters. The van der Waals surface area contributed by atoms with E-state index in [1.54, 1.807) is 11.3 Å². The molecule has 0 bridgehead atoms. The molecule has 2 heterocycles. The molecule has 2 saturated heterocycles. The maximum absolute atomic E-state index is 9.78. The Morgan fingerprint density at radius 3 is 1.39 bits per heavy atom. The van der Waals surface area contributed by atoms with Crippen molar-refractivity contribution in [1.29, 1.82) is 0 Å². The Morgan fingerprint density at radius 1 is 0.893 bits per heavy atom. The van der Waals surface area contributed by atoms with Crippen molar-refractivity contribution in [2.24, 2.45) is 0 Å². The largest absolute Gasteiger partial charge is 2.00 e. The van der Waals surface area contributed by atoms with E-state index in [0.717, 1.165) is 19.4 Å². The molecular formula is C15H36N6O3V2W2. The number of rotatable bonds is 1. The van der Waals surface area contributed by atoms with Crippen molar-refractivity contribution in [1.82, 2.24) is 10.2 Å². The van der Waals surface area contributed by atoms with Gasteiger partial charge in [-0.3, -0.25) is 13.1 Å². The summed E-state index contributed by atoms with van der Waals surface area (Å²) in [5, 5.41) is 9.86. The summed E-state index contributed by atoms with van der Waals surface area (Å²) >= 11 is 0. The molecular weight excluding hydrogens is 782 g/mol. The quantitative estimate of drug-likeness (QED) is 0.386. The van der Waals surface area contributed by atoms with E-state index in [0.29, 0.717) is 6.47 Å². The van der Waals surface area contributed by atoms with Crippen molar-refractivity contribution in [3.63, 3.8) is 0 Å². The average Bonchev–Trinajstić information content (AvgIpc) is 3.39. The molecule has 166 valence electrons. The Morgan fingerprint density at radius 2 is 1.29 bits per heavy atom. The number of aliphatic hydroxyl groups excluding tert-OH is 1. The molecule has 2 aliphatic rings. The predicted molar refractivity (Wildman–Crippen MR) is 104 cm³/mol. The monoisotopic (exact) mass is 818 g/mol. The third kappa shape index (κ3) is 80.7. The van der Waals surface area contributed by atoms with Gasteiger partial charge in [0, 0.05) is 0 Å². The first kappa shape index (κ1) is 63.0. The Labute approximate surface area is 225 Å². The summed E-state index contributed by atoms with van der Waals surface area (Å²) in [6.45, 7) is 6.54. The molecule has 0 aromatic carbocycles. The van der Waals surface area contributed by atoms with Crippen molar-refractivity contribution in [2.75, 3.05) is 41.3 Å². The Balaban J connectivity index is -0.0000000177. The number of hydrogen-bond donors (Lipinski definition) is 2. The van der Waals surface area contributed by atoms with Crippen LogP contribution in [-0.2, 0) is 88.8 Å². The van der Waals surface area contributed by atoms with E-state index >= 15 is 0 Å². The van der Waals surface area contributed by atoms with Crippen molar-refractivity contribution >= 4 is 12.9 Å². The molecule has 1 amide bonds. The van der Waals surface area contributed by atoms with Crippen LogP contribution in [0.5, 0.6) is 0 Å². The van der Waals surface area contributed by atoms with Crippen molar-refractivity contribution in [3.8, 4) is 0 Å². The van der Waals surface area contributed by atoms with Gasteiger partial charge >= 0.3 is 79.2 Å². The summed E-state index contributed by atoms with van der Waals surface area (Å²) in [5.41, 5.74) is 23.0. The molecule has 9 nitrogen and oxygen atoms in total. The molecule has 0 atom stereocenters. The van der Waals surface area contributed by atoms with E-state index < -0.39 is 0 Å². The Bertz CT molecular complexity index is 180. The van der Waals surface area contributed by atoms with Crippen LogP contribution < -0.4 is 5.32 Å². The summed E-state index contributed by atoms with van der Waals surface area (Å²) in [6.07, 6.45) is 6.53. The van der Waals surface area contributed by atoms with Gasteiger partial charge in [-0.2, -0.15) is 47.4 Å². The maximum Gasteiger partial charge on any atom is 2.00 e. The van der Waals surface area contributed by atoms with Gasteiger partial charge in [0.1, 0.15) is 0 Å².